The van der Waals surface area contributed by atoms with Crippen LogP contribution in [0.3, 0.4) is 0 Å². The maximum absolute atomic E-state index is 13.5. The first-order chi connectivity index (χ1) is 15.8. The van der Waals surface area contributed by atoms with Crippen molar-refractivity contribution in [3.63, 3.8) is 0 Å². The number of fused-ring (bicyclic) bond motifs is 2. The van der Waals surface area contributed by atoms with Gasteiger partial charge in [-0.05, 0) is 12.1 Å². The van der Waals surface area contributed by atoms with Crippen molar-refractivity contribution in [3.8, 4) is 0 Å². The fourth-order valence-corrected chi connectivity index (χ4v) is 3.80. The highest BCUT2D eigenvalue weighted by molar-refractivity contribution is 6.16. The van der Waals surface area contributed by atoms with Crippen molar-refractivity contribution in [1.29, 1.82) is 0 Å². The third kappa shape index (κ3) is 4.62. The van der Waals surface area contributed by atoms with Crippen molar-refractivity contribution in [1.82, 2.24) is 10.3 Å². The topological polar surface area (TPSA) is 121 Å². The Hall–Kier alpha value is -4.01. The number of hydrogen-bond acceptors (Lipinski definition) is 8. The number of hydrogen-bond donors (Lipinski definition) is 1. The van der Waals surface area contributed by atoms with Crippen molar-refractivity contribution in [2.24, 2.45) is 11.8 Å². The van der Waals surface area contributed by atoms with E-state index in [0.717, 1.165) is 21.3 Å². The molecule has 0 aliphatic rings. The van der Waals surface area contributed by atoms with Crippen LogP contribution in [-0.4, -0.2) is 56.2 Å². The Kier molecular flexibility index (Phi) is 7.22. The lowest BCUT2D eigenvalue weighted by molar-refractivity contribution is -0.163. The van der Waals surface area contributed by atoms with Crippen molar-refractivity contribution >= 4 is 45.6 Å². The molecule has 9 nitrogen and oxygen atoms in total. The van der Waals surface area contributed by atoms with Crippen LogP contribution in [0.1, 0.15) is 17.3 Å². The van der Waals surface area contributed by atoms with E-state index in [1.165, 1.54) is 6.92 Å². The monoisotopic (exact) mass is 452 g/mol. The minimum atomic E-state index is -1.45. The van der Waals surface area contributed by atoms with Gasteiger partial charge in [-0.15, -0.1) is 0 Å². The number of pyridine rings is 1. The average molecular weight is 452 g/mol. The number of carbonyl (C=O) groups excluding carboxylic acids is 4. The van der Waals surface area contributed by atoms with Crippen LogP contribution < -0.4 is 5.32 Å². The van der Waals surface area contributed by atoms with E-state index in [-0.39, 0.29) is 0 Å². The smallest absolute Gasteiger partial charge is 0.328 e. The number of aromatic nitrogens is 1. The first-order valence-corrected chi connectivity index (χ1v) is 10.2. The molecule has 0 radical (unpaired) electrons. The van der Waals surface area contributed by atoms with Crippen LogP contribution >= 0.6 is 0 Å². The van der Waals surface area contributed by atoms with Crippen molar-refractivity contribution in [2.75, 3.05) is 21.3 Å². The van der Waals surface area contributed by atoms with Crippen LogP contribution in [0.15, 0.2) is 48.5 Å². The van der Waals surface area contributed by atoms with E-state index in [1.807, 2.05) is 12.1 Å². The second kappa shape index (κ2) is 10.1. The zero-order chi connectivity index (χ0) is 24.1. The number of nitrogens with zero attached hydrogens (tertiary/aromatic N) is 1. The molecule has 0 aliphatic heterocycles. The lowest BCUT2D eigenvalue weighted by Gasteiger charge is -2.27. The molecule has 1 amide bonds. The van der Waals surface area contributed by atoms with Gasteiger partial charge in [0, 0.05) is 16.7 Å². The molecule has 33 heavy (non-hydrogen) atoms. The lowest BCUT2D eigenvalue weighted by Crippen LogP contribution is -2.51. The molecule has 3 rings (SSSR count). The van der Waals surface area contributed by atoms with E-state index in [0.29, 0.717) is 27.4 Å². The summed E-state index contributed by atoms with van der Waals surface area (Å²) in [6.07, 6.45) is 0. The molecule has 172 valence electrons. The number of esters is 3. The van der Waals surface area contributed by atoms with Crippen LogP contribution in [-0.2, 0) is 28.6 Å². The predicted molar refractivity (Wildman–Crippen MR) is 119 cm³/mol. The summed E-state index contributed by atoms with van der Waals surface area (Å²) < 4.78 is 14.3. The van der Waals surface area contributed by atoms with Crippen molar-refractivity contribution in [3.05, 3.63) is 54.1 Å². The number of amides is 1. The molecule has 0 bridgehead atoms. The molecule has 2 aromatic carbocycles. The summed E-state index contributed by atoms with van der Waals surface area (Å²) in [7, 11) is 3.38. The van der Waals surface area contributed by atoms with Gasteiger partial charge in [0.2, 0.25) is 0 Å². The van der Waals surface area contributed by atoms with Gasteiger partial charge in [0.25, 0.3) is 5.91 Å². The molecule has 3 aromatic rings. The van der Waals surface area contributed by atoms with Gasteiger partial charge in [-0.1, -0.05) is 43.3 Å². The largest absolute Gasteiger partial charge is 0.468 e. The zero-order valence-corrected chi connectivity index (χ0v) is 18.7. The van der Waals surface area contributed by atoms with Crippen LogP contribution in [0.2, 0.25) is 0 Å². The second-order valence-electron chi connectivity index (χ2n) is 7.38. The maximum atomic E-state index is 13.5. The molecule has 0 aliphatic carbocycles. The molecular formula is C24H24N2O7. The Bertz CT molecular complexity index is 1150. The van der Waals surface area contributed by atoms with E-state index in [2.05, 4.69) is 10.3 Å². The van der Waals surface area contributed by atoms with Gasteiger partial charge >= 0.3 is 17.9 Å². The number of carbonyl (C=O) groups is 4. The Balaban J connectivity index is 2.09. The predicted octanol–water partition coefficient (Wildman–Crippen LogP) is 2.26. The highest BCUT2D eigenvalue weighted by atomic mass is 16.5. The summed E-state index contributed by atoms with van der Waals surface area (Å²) >= 11 is 0. The normalized spacial score (nSPS) is 12.8. The molecule has 0 spiro atoms. The first-order valence-electron chi connectivity index (χ1n) is 10.2. The SMILES string of the molecule is COC(=O)C(C(=O)OC)[C@H](C)[C@@H](NC(=O)c1c2ccccc2nc2ccccc12)C(=O)OC. The summed E-state index contributed by atoms with van der Waals surface area (Å²) in [6, 6.07) is 12.9. The van der Waals surface area contributed by atoms with Crippen LogP contribution in [0.25, 0.3) is 21.8 Å². The molecular weight excluding hydrogens is 428 g/mol. The van der Waals surface area contributed by atoms with Gasteiger partial charge in [0.05, 0.1) is 37.9 Å². The minimum Gasteiger partial charge on any atom is -0.468 e. The third-order valence-corrected chi connectivity index (χ3v) is 5.52. The molecule has 0 saturated carbocycles. The average Bonchev–Trinajstić information content (AvgIpc) is 2.84. The highest BCUT2D eigenvalue weighted by Crippen LogP contribution is 2.27. The summed E-state index contributed by atoms with van der Waals surface area (Å²) in [5.41, 5.74) is 1.52. The Morgan fingerprint density at radius 3 is 1.67 bits per heavy atom. The Morgan fingerprint density at radius 1 is 0.758 bits per heavy atom. The molecule has 0 saturated heterocycles. The zero-order valence-electron chi connectivity index (χ0n) is 18.7. The molecule has 2 atom stereocenters. The fraction of sp³-hybridized carbons (Fsp3) is 0.292. The first kappa shape index (κ1) is 23.6. The molecule has 1 heterocycles. The number of rotatable bonds is 7. The second-order valence-corrected chi connectivity index (χ2v) is 7.38. The number of nitrogens with one attached hydrogen (secondary N) is 1. The molecule has 1 N–H and O–H groups in total. The van der Waals surface area contributed by atoms with E-state index < -0.39 is 41.7 Å². The number of ether oxygens (including phenoxy) is 3. The quantitative estimate of drug-likeness (QED) is 0.251. The van der Waals surface area contributed by atoms with Crippen molar-refractivity contribution in [2.45, 2.75) is 13.0 Å². The van der Waals surface area contributed by atoms with Gasteiger partial charge in [0.1, 0.15) is 6.04 Å². The van der Waals surface area contributed by atoms with Crippen LogP contribution in [0, 0.1) is 11.8 Å². The van der Waals surface area contributed by atoms with Gasteiger partial charge in [0.15, 0.2) is 5.92 Å². The third-order valence-electron chi connectivity index (χ3n) is 5.52. The molecule has 9 heteroatoms. The summed E-state index contributed by atoms with van der Waals surface area (Å²) in [5, 5.41) is 3.82. The van der Waals surface area contributed by atoms with E-state index >= 15 is 0 Å². The molecule has 0 fully saturated rings. The molecule has 0 unspecified atom stereocenters. The summed E-state index contributed by atoms with van der Waals surface area (Å²) in [5.74, 6) is -5.66. The maximum Gasteiger partial charge on any atom is 0.328 e. The van der Waals surface area contributed by atoms with Gasteiger partial charge in [-0.25, -0.2) is 9.78 Å². The highest BCUT2D eigenvalue weighted by Gasteiger charge is 2.42. The van der Waals surface area contributed by atoms with E-state index in [4.69, 9.17) is 14.2 Å². The van der Waals surface area contributed by atoms with Gasteiger partial charge in [-0.3, -0.25) is 14.4 Å². The standard InChI is InChI=1S/C24H24N2O7/c1-13(18(22(28)31-2)23(29)32-3)20(24(30)33-4)26-21(27)19-14-9-5-7-11-16(14)25-17-12-8-6-10-15(17)19/h5-13,18,20H,1-4H3,(H,26,27)/t13-,20+/m0/s1. The summed E-state index contributed by atoms with van der Waals surface area (Å²) in [6.45, 7) is 1.46. The summed E-state index contributed by atoms with van der Waals surface area (Å²) in [4.78, 5) is 55.3. The number of para-hydroxylation sites is 2. The van der Waals surface area contributed by atoms with Gasteiger partial charge < -0.3 is 19.5 Å². The van der Waals surface area contributed by atoms with E-state index in [9.17, 15) is 19.2 Å². The lowest BCUT2D eigenvalue weighted by atomic mass is 9.87. The van der Waals surface area contributed by atoms with Gasteiger partial charge in [-0.2, -0.15) is 0 Å². The van der Waals surface area contributed by atoms with Crippen molar-refractivity contribution < 1.29 is 33.4 Å². The van der Waals surface area contributed by atoms with Crippen LogP contribution in [0.5, 0.6) is 0 Å². The Labute approximate surface area is 190 Å². The Morgan fingerprint density at radius 2 is 1.21 bits per heavy atom. The number of methoxy groups -OCH3 is 3. The van der Waals surface area contributed by atoms with Crippen LogP contribution in [0.4, 0.5) is 0 Å². The van der Waals surface area contributed by atoms with E-state index in [1.54, 1.807) is 36.4 Å². The minimum absolute atomic E-state index is 0.310. The fourth-order valence-electron chi connectivity index (χ4n) is 3.80. The number of benzene rings is 2. The molecule has 1 aromatic heterocycles.